The summed E-state index contributed by atoms with van der Waals surface area (Å²) in [6.45, 7) is 2.50. The molecule has 4 nitrogen and oxygen atoms in total. The second-order valence-corrected chi connectivity index (χ2v) is 4.55. The summed E-state index contributed by atoms with van der Waals surface area (Å²) in [4.78, 5) is 6.42. The minimum Gasteiger partial charge on any atom is -0.389 e. The van der Waals surface area contributed by atoms with Crippen molar-refractivity contribution in [2.24, 2.45) is 7.05 Å². The van der Waals surface area contributed by atoms with Crippen molar-refractivity contribution in [3.8, 4) is 0 Å². The summed E-state index contributed by atoms with van der Waals surface area (Å²) in [6, 6.07) is 7.90. The van der Waals surface area contributed by atoms with E-state index in [4.69, 9.17) is 0 Å². The van der Waals surface area contributed by atoms with Crippen LogP contribution >= 0.6 is 0 Å². The Morgan fingerprint density at radius 3 is 2.72 bits per heavy atom. The first-order valence-electron chi connectivity index (χ1n) is 6.04. The fourth-order valence-corrected chi connectivity index (χ4v) is 2.03. The molecule has 96 valence electrons. The minimum absolute atomic E-state index is 0.468. The number of aryl methyl sites for hydroxylation is 1. The van der Waals surface area contributed by atoms with Gasteiger partial charge in [-0.2, -0.15) is 0 Å². The van der Waals surface area contributed by atoms with Gasteiger partial charge in [0.1, 0.15) is 5.82 Å². The van der Waals surface area contributed by atoms with Gasteiger partial charge in [-0.1, -0.05) is 18.2 Å². The molecule has 18 heavy (non-hydrogen) atoms. The van der Waals surface area contributed by atoms with E-state index in [1.165, 1.54) is 0 Å². The lowest BCUT2D eigenvalue weighted by molar-refractivity contribution is 0.199. The number of rotatable bonds is 4. The molecule has 1 aromatic heterocycles. The standard InChI is InChI=1S/C14H19N3O/c1-11(18)12-6-4-5-7-13(12)17(3)10-14-15-8-9-16(14)2/h4-9,11,18H,10H2,1-3H3/t11-/m0/s1. The summed E-state index contributed by atoms with van der Waals surface area (Å²) in [6.07, 6.45) is 3.26. The third-order valence-electron chi connectivity index (χ3n) is 3.10. The van der Waals surface area contributed by atoms with E-state index < -0.39 is 6.10 Å². The second-order valence-electron chi connectivity index (χ2n) is 4.55. The number of hydrogen-bond donors (Lipinski definition) is 1. The Morgan fingerprint density at radius 1 is 1.39 bits per heavy atom. The van der Waals surface area contributed by atoms with E-state index >= 15 is 0 Å². The van der Waals surface area contributed by atoms with Crippen LogP contribution in [0.2, 0.25) is 0 Å². The first kappa shape index (κ1) is 12.6. The van der Waals surface area contributed by atoms with E-state index in [1.54, 1.807) is 13.1 Å². The molecule has 0 radical (unpaired) electrons. The molecule has 0 bridgehead atoms. The summed E-state index contributed by atoms with van der Waals surface area (Å²) in [5.41, 5.74) is 1.98. The minimum atomic E-state index is -0.468. The van der Waals surface area contributed by atoms with Gasteiger partial charge in [-0.25, -0.2) is 4.98 Å². The molecule has 1 N–H and O–H groups in total. The largest absolute Gasteiger partial charge is 0.389 e. The molecule has 0 saturated heterocycles. The van der Waals surface area contributed by atoms with Gasteiger partial charge >= 0.3 is 0 Å². The number of anilines is 1. The quantitative estimate of drug-likeness (QED) is 0.897. The summed E-state index contributed by atoms with van der Waals surface area (Å²) < 4.78 is 2.00. The zero-order valence-electron chi connectivity index (χ0n) is 11.0. The van der Waals surface area contributed by atoms with Crippen LogP contribution in [0.1, 0.15) is 24.4 Å². The lowest BCUT2D eigenvalue weighted by Gasteiger charge is -2.23. The molecule has 1 aromatic carbocycles. The second kappa shape index (κ2) is 5.23. The van der Waals surface area contributed by atoms with E-state index in [1.807, 2.05) is 49.1 Å². The number of hydrogen-bond acceptors (Lipinski definition) is 3. The summed E-state index contributed by atoms with van der Waals surface area (Å²) in [7, 11) is 3.99. The maximum absolute atomic E-state index is 9.79. The fourth-order valence-electron chi connectivity index (χ4n) is 2.03. The van der Waals surface area contributed by atoms with Gasteiger partial charge in [0.25, 0.3) is 0 Å². The Morgan fingerprint density at radius 2 is 2.11 bits per heavy atom. The summed E-state index contributed by atoms with van der Waals surface area (Å²) in [5.74, 6) is 0.998. The van der Waals surface area contributed by atoms with Crippen LogP contribution in [0.15, 0.2) is 36.7 Å². The average molecular weight is 245 g/mol. The highest BCUT2D eigenvalue weighted by Gasteiger charge is 2.12. The SMILES string of the molecule is C[C@H](O)c1ccccc1N(C)Cc1nccn1C. The normalized spacial score (nSPS) is 12.4. The number of para-hydroxylation sites is 1. The summed E-state index contributed by atoms with van der Waals surface area (Å²) in [5, 5.41) is 9.79. The lowest BCUT2D eigenvalue weighted by atomic mass is 10.1. The van der Waals surface area contributed by atoms with Crippen molar-refractivity contribution in [1.82, 2.24) is 9.55 Å². The van der Waals surface area contributed by atoms with Gasteiger partial charge in [-0.05, 0) is 13.0 Å². The van der Waals surface area contributed by atoms with Crippen LogP contribution in [0.4, 0.5) is 5.69 Å². The van der Waals surface area contributed by atoms with Gasteiger partial charge in [0.15, 0.2) is 0 Å². The predicted molar refractivity (Wildman–Crippen MR) is 72.4 cm³/mol. The third-order valence-corrected chi connectivity index (χ3v) is 3.10. The van der Waals surface area contributed by atoms with Crippen LogP contribution in [0.25, 0.3) is 0 Å². The van der Waals surface area contributed by atoms with E-state index in [0.717, 1.165) is 17.1 Å². The molecule has 2 rings (SSSR count). The molecule has 0 amide bonds. The van der Waals surface area contributed by atoms with E-state index in [9.17, 15) is 5.11 Å². The zero-order chi connectivity index (χ0) is 13.1. The van der Waals surface area contributed by atoms with Gasteiger partial charge in [0.05, 0.1) is 12.6 Å². The van der Waals surface area contributed by atoms with E-state index in [0.29, 0.717) is 6.54 Å². The Bertz CT molecular complexity index is 519. The highest BCUT2D eigenvalue weighted by atomic mass is 16.3. The topological polar surface area (TPSA) is 41.3 Å². The number of aliphatic hydroxyl groups is 1. The number of aromatic nitrogens is 2. The number of aliphatic hydroxyl groups excluding tert-OH is 1. The Balaban J connectivity index is 2.24. The molecule has 0 unspecified atom stereocenters. The maximum Gasteiger partial charge on any atom is 0.127 e. The molecular weight excluding hydrogens is 226 g/mol. The van der Waals surface area contributed by atoms with Crippen molar-refractivity contribution in [3.63, 3.8) is 0 Å². The number of imidazole rings is 1. The van der Waals surface area contributed by atoms with Crippen molar-refractivity contribution in [2.45, 2.75) is 19.6 Å². The first-order chi connectivity index (χ1) is 8.59. The molecule has 0 fully saturated rings. The van der Waals surface area contributed by atoms with Crippen LogP contribution in [-0.4, -0.2) is 21.7 Å². The summed E-state index contributed by atoms with van der Waals surface area (Å²) >= 11 is 0. The van der Waals surface area contributed by atoms with Crippen LogP contribution in [0, 0.1) is 0 Å². The van der Waals surface area contributed by atoms with E-state index in [-0.39, 0.29) is 0 Å². The van der Waals surface area contributed by atoms with Crippen molar-refractivity contribution in [3.05, 3.63) is 48.0 Å². The predicted octanol–water partition coefficient (Wildman–Crippen LogP) is 2.11. The monoisotopic (exact) mass is 245 g/mol. The van der Waals surface area contributed by atoms with Crippen LogP contribution < -0.4 is 4.90 Å². The molecule has 0 aliphatic heterocycles. The number of benzene rings is 1. The molecule has 0 saturated carbocycles. The first-order valence-corrected chi connectivity index (χ1v) is 6.04. The van der Waals surface area contributed by atoms with E-state index in [2.05, 4.69) is 9.88 Å². The average Bonchev–Trinajstić information content (AvgIpc) is 2.75. The fraction of sp³-hybridized carbons (Fsp3) is 0.357. The van der Waals surface area contributed by atoms with Gasteiger partial charge in [-0.3, -0.25) is 0 Å². The molecule has 0 spiro atoms. The van der Waals surface area contributed by atoms with Gasteiger partial charge in [-0.15, -0.1) is 0 Å². The third kappa shape index (κ3) is 2.54. The van der Waals surface area contributed by atoms with Crippen LogP contribution in [0.3, 0.4) is 0 Å². The van der Waals surface area contributed by atoms with Gasteiger partial charge < -0.3 is 14.6 Å². The molecule has 0 aliphatic rings. The van der Waals surface area contributed by atoms with Crippen molar-refractivity contribution in [1.29, 1.82) is 0 Å². The Labute approximate surface area is 108 Å². The molecule has 0 aliphatic carbocycles. The molecular formula is C14H19N3O. The smallest absolute Gasteiger partial charge is 0.127 e. The van der Waals surface area contributed by atoms with Gasteiger partial charge in [0.2, 0.25) is 0 Å². The maximum atomic E-state index is 9.79. The zero-order valence-corrected chi connectivity index (χ0v) is 11.0. The van der Waals surface area contributed by atoms with Crippen molar-refractivity contribution in [2.75, 3.05) is 11.9 Å². The highest BCUT2D eigenvalue weighted by Crippen LogP contribution is 2.25. The number of nitrogens with zero attached hydrogens (tertiary/aromatic N) is 3. The molecule has 1 atom stereocenters. The molecule has 1 heterocycles. The van der Waals surface area contributed by atoms with Gasteiger partial charge in [0, 0.05) is 37.7 Å². The van der Waals surface area contributed by atoms with Crippen molar-refractivity contribution >= 4 is 5.69 Å². The highest BCUT2D eigenvalue weighted by molar-refractivity contribution is 5.53. The van der Waals surface area contributed by atoms with Crippen LogP contribution in [0.5, 0.6) is 0 Å². The molecule has 4 heteroatoms. The van der Waals surface area contributed by atoms with Crippen molar-refractivity contribution < 1.29 is 5.11 Å². The molecule has 2 aromatic rings. The Hall–Kier alpha value is -1.81. The van der Waals surface area contributed by atoms with Crippen LogP contribution in [-0.2, 0) is 13.6 Å². The lowest BCUT2D eigenvalue weighted by Crippen LogP contribution is -2.20. The Kier molecular flexibility index (Phi) is 3.67.